The van der Waals surface area contributed by atoms with E-state index in [1.54, 1.807) is 0 Å². The number of rotatable bonds is 7. The van der Waals surface area contributed by atoms with Gasteiger partial charge in [-0.2, -0.15) is 11.8 Å². The molecule has 5 nitrogen and oxygen atoms in total. The third-order valence-electron chi connectivity index (χ3n) is 3.45. The van der Waals surface area contributed by atoms with Crippen molar-refractivity contribution in [1.29, 1.82) is 0 Å². The summed E-state index contributed by atoms with van der Waals surface area (Å²) in [6, 6.07) is 0.0853. The molecule has 0 amide bonds. The van der Waals surface area contributed by atoms with Crippen molar-refractivity contribution in [2.75, 3.05) is 44.2 Å². The Morgan fingerprint density at radius 1 is 1.33 bits per heavy atom. The van der Waals surface area contributed by atoms with Crippen molar-refractivity contribution in [3.8, 4) is 0 Å². The van der Waals surface area contributed by atoms with E-state index in [4.69, 9.17) is 10.9 Å². The van der Waals surface area contributed by atoms with Gasteiger partial charge in [0.1, 0.15) is 0 Å². The fourth-order valence-corrected chi connectivity index (χ4v) is 3.03. The molecule has 0 saturated carbocycles. The highest BCUT2D eigenvalue weighted by atomic mass is 32.2. The Balaban J connectivity index is 2.33. The minimum atomic E-state index is 0.0853. The summed E-state index contributed by atoms with van der Waals surface area (Å²) in [4.78, 5) is 4.82. The summed E-state index contributed by atoms with van der Waals surface area (Å²) in [5.41, 5.74) is 5.73. The van der Waals surface area contributed by atoms with Gasteiger partial charge in [-0.15, -0.1) is 0 Å². The smallest absolute Gasteiger partial charge is 0.156 e. The van der Waals surface area contributed by atoms with Gasteiger partial charge in [-0.1, -0.05) is 19.0 Å². The van der Waals surface area contributed by atoms with Gasteiger partial charge in [0.2, 0.25) is 0 Å². The highest BCUT2D eigenvalue weighted by molar-refractivity contribution is 7.99. The van der Waals surface area contributed by atoms with E-state index < -0.39 is 0 Å². The predicted octanol–water partition coefficient (Wildman–Crippen LogP) is 0.882. The Hall–Kier alpha value is -0.460. The highest BCUT2D eigenvalue weighted by Crippen LogP contribution is 2.10. The molecule has 0 bridgehead atoms. The number of amidine groups is 1. The molecule has 1 atom stereocenters. The van der Waals surface area contributed by atoms with E-state index in [-0.39, 0.29) is 6.04 Å². The maximum absolute atomic E-state index is 8.79. The minimum Gasteiger partial charge on any atom is -0.409 e. The monoisotopic (exact) mass is 274 g/mol. The Morgan fingerprint density at radius 2 is 2.00 bits per heavy atom. The average molecular weight is 274 g/mol. The van der Waals surface area contributed by atoms with Gasteiger partial charge in [0.25, 0.3) is 0 Å². The Labute approximate surface area is 114 Å². The van der Waals surface area contributed by atoms with E-state index in [1.165, 1.54) is 18.1 Å². The molecular weight excluding hydrogens is 248 g/mol. The molecule has 3 N–H and O–H groups in total. The zero-order chi connectivity index (χ0) is 13.4. The highest BCUT2D eigenvalue weighted by Gasteiger charge is 2.25. The van der Waals surface area contributed by atoms with Crippen LogP contribution in [-0.4, -0.2) is 71.1 Å². The summed E-state index contributed by atoms with van der Waals surface area (Å²) < 4.78 is 0. The molecule has 106 valence electrons. The van der Waals surface area contributed by atoms with Gasteiger partial charge in [-0.25, -0.2) is 0 Å². The van der Waals surface area contributed by atoms with Crippen molar-refractivity contribution in [1.82, 2.24) is 9.80 Å². The van der Waals surface area contributed by atoms with Crippen LogP contribution in [0.15, 0.2) is 5.16 Å². The second-order valence-corrected chi connectivity index (χ2v) is 5.92. The number of nitrogens with zero attached hydrogens (tertiary/aromatic N) is 3. The van der Waals surface area contributed by atoms with Crippen molar-refractivity contribution in [2.45, 2.75) is 26.3 Å². The SMILES string of the molecule is CCSCCN1CCN(C(CC)C(N)=NO)CC1. The number of hydrogen-bond acceptors (Lipinski definition) is 5. The lowest BCUT2D eigenvalue weighted by molar-refractivity contribution is 0.119. The van der Waals surface area contributed by atoms with Gasteiger partial charge in [-0.3, -0.25) is 9.80 Å². The minimum absolute atomic E-state index is 0.0853. The first-order valence-corrected chi connectivity index (χ1v) is 7.89. The second kappa shape index (κ2) is 8.61. The first-order chi connectivity index (χ1) is 8.72. The molecule has 0 radical (unpaired) electrons. The third-order valence-corrected chi connectivity index (χ3v) is 4.33. The van der Waals surface area contributed by atoms with E-state index in [1.807, 2.05) is 11.8 Å². The lowest BCUT2D eigenvalue weighted by Crippen LogP contribution is -2.54. The molecule has 0 aromatic carbocycles. The van der Waals surface area contributed by atoms with Crippen LogP contribution in [-0.2, 0) is 0 Å². The van der Waals surface area contributed by atoms with Crippen molar-refractivity contribution >= 4 is 17.6 Å². The zero-order valence-electron chi connectivity index (χ0n) is 11.5. The maximum atomic E-state index is 8.79. The molecule has 0 spiro atoms. The number of oxime groups is 1. The molecule has 0 aromatic heterocycles. The first kappa shape index (κ1) is 15.6. The van der Waals surface area contributed by atoms with Gasteiger partial charge in [0.05, 0.1) is 6.04 Å². The van der Waals surface area contributed by atoms with Crippen LogP contribution in [0, 0.1) is 0 Å². The summed E-state index contributed by atoms with van der Waals surface area (Å²) in [5.74, 6) is 2.75. The van der Waals surface area contributed by atoms with Crippen molar-refractivity contribution in [2.24, 2.45) is 10.9 Å². The fraction of sp³-hybridized carbons (Fsp3) is 0.917. The van der Waals surface area contributed by atoms with Crippen molar-refractivity contribution in [3.05, 3.63) is 0 Å². The quantitative estimate of drug-likeness (QED) is 0.237. The lowest BCUT2D eigenvalue weighted by atomic mass is 10.1. The fourth-order valence-electron chi connectivity index (χ4n) is 2.36. The normalized spacial score (nSPS) is 21.1. The summed E-state index contributed by atoms with van der Waals surface area (Å²) in [6.07, 6.45) is 0.890. The maximum Gasteiger partial charge on any atom is 0.156 e. The van der Waals surface area contributed by atoms with Crippen LogP contribution in [0.1, 0.15) is 20.3 Å². The molecule has 0 aromatic rings. The molecule has 1 rings (SSSR count). The lowest BCUT2D eigenvalue weighted by Gasteiger charge is -2.38. The van der Waals surface area contributed by atoms with Gasteiger partial charge in [0, 0.05) is 38.5 Å². The molecule has 6 heteroatoms. The Morgan fingerprint density at radius 3 is 2.50 bits per heavy atom. The van der Waals surface area contributed by atoms with Crippen LogP contribution in [0.4, 0.5) is 0 Å². The van der Waals surface area contributed by atoms with Crippen LogP contribution < -0.4 is 5.73 Å². The predicted molar refractivity (Wildman–Crippen MR) is 78.5 cm³/mol. The van der Waals surface area contributed by atoms with Crippen LogP contribution >= 0.6 is 11.8 Å². The van der Waals surface area contributed by atoms with Crippen molar-refractivity contribution in [3.63, 3.8) is 0 Å². The standard InChI is InChI=1S/C12H26N4OS/c1-3-11(12(13)14-17)16-7-5-15(6-8-16)9-10-18-4-2/h11,17H,3-10H2,1-2H3,(H2,13,14). The largest absolute Gasteiger partial charge is 0.409 e. The van der Waals surface area contributed by atoms with E-state index in [0.29, 0.717) is 5.84 Å². The number of hydrogen-bond donors (Lipinski definition) is 2. The zero-order valence-corrected chi connectivity index (χ0v) is 12.3. The Bertz CT molecular complexity index is 254. The third kappa shape index (κ3) is 4.66. The second-order valence-electron chi connectivity index (χ2n) is 4.52. The van der Waals surface area contributed by atoms with Gasteiger partial charge in [0.15, 0.2) is 5.84 Å². The average Bonchev–Trinajstić information content (AvgIpc) is 2.41. The van der Waals surface area contributed by atoms with Crippen LogP contribution in [0.2, 0.25) is 0 Å². The van der Waals surface area contributed by atoms with E-state index in [0.717, 1.165) is 32.6 Å². The number of piperazine rings is 1. The van der Waals surface area contributed by atoms with E-state index >= 15 is 0 Å². The molecule has 0 aliphatic carbocycles. The van der Waals surface area contributed by atoms with Crippen LogP contribution in [0.5, 0.6) is 0 Å². The molecule has 1 heterocycles. The summed E-state index contributed by atoms with van der Waals surface area (Å²) >= 11 is 1.99. The van der Waals surface area contributed by atoms with Gasteiger partial charge < -0.3 is 10.9 Å². The summed E-state index contributed by atoms with van der Waals surface area (Å²) in [6.45, 7) is 9.63. The topological polar surface area (TPSA) is 65.1 Å². The van der Waals surface area contributed by atoms with Gasteiger partial charge >= 0.3 is 0 Å². The molecular formula is C12H26N4OS. The van der Waals surface area contributed by atoms with Crippen LogP contribution in [0.25, 0.3) is 0 Å². The molecule has 1 saturated heterocycles. The number of thioether (sulfide) groups is 1. The van der Waals surface area contributed by atoms with E-state index in [2.05, 4.69) is 28.8 Å². The number of nitrogens with two attached hydrogens (primary N) is 1. The van der Waals surface area contributed by atoms with Crippen LogP contribution in [0.3, 0.4) is 0 Å². The molecule has 1 aliphatic heterocycles. The van der Waals surface area contributed by atoms with E-state index in [9.17, 15) is 0 Å². The van der Waals surface area contributed by atoms with Crippen molar-refractivity contribution < 1.29 is 5.21 Å². The summed E-state index contributed by atoms with van der Waals surface area (Å²) in [5, 5.41) is 11.9. The molecule has 1 unspecified atom stereocenters. The first-order valence-electron chi connectivity index (χ1n) is 6.74. The molecule has 1 aliphatic rings. The molecule has 1 fully saturated rings. The van der Waals surface area contributed by atoms with Gasteiger partial charge in [-0.05, 0) is 12.2 Å². The summed E-state index contributed by atoms with van der Waals surface area (Å²) in [7, 11) is 0. The molecule has 18 heavy (non-hydrogen) atoms. The Kier molecular flexibility index (Phi) is 7.46.